The fourth-order valence-electron chi connectivity index (χ4n) is 2.18. The first-order valence-electron chi connectivity index (χ1n) is 7.25. The summed E-state index contributed by atoms with van der Waals surface area (Å²) in [6.07, 6.45) is 6.16. The molecule has 19 heavy (non-hydrogen) atoms. The number of hydrogen-bond donors (Lipinski definition) is 2. The molecule has 0 aliphatic heterocycles. The lowest BCUT2D eigenvalue weighted by molar-refractivity contribution is 0.451. The number of nitrogens with two attached hydrogens (primary N) is 1. The minimum atomic E-state index is -0.0493. The Kier molecular flexibility index (Phi) is 6.67. The van der Waals surface area contributed by atoms with Gasteiger partial charge in [-0.15, -0.1) is 0 Å². The fourth-order valence-corrected chi connectivity index (χ4v) is 2.36. The maximum absolute atomic E-state index is 6.16. The Hall–Kier alpha value is -0.730. The summed E-state index contributed by atoms with van der Waals surface area (Å²) >= 11 is 6.16. The first-order chi connectivity index (χ1) is 9.00. The van der Waals surface area contributed by atoms with Crippen LogP contribution in [0.2, 0.25) is 5.02 Å². The third-order valence-electron chi connectivity index (χ3n) is 3.65. The van der Waals surface area contributed by atoms with Crippen LogP contribution in [0.3, 0.4) is 0 Å². The molecule has 1 aromatic carbocycles. The van der Waals surface area contributed by atoms with E-state index >= 15 is 0 Å². The highest BCUT2D eigenvalue weighted by atomic mass is 35.5. The molecule has 0 amide bonds. The molecule has 0 saturated heterocycles. The van der Waals surface area contributed by atoms with E-state index in [0.717, 1.165) is 22.7 Å². The van der Waals surface area contributed by atoms with Crippen LogP contribution in [0.25, 0.3) is 0 Å². The van der Waals surface area contributed by atoms with E-state index in [0.29, 0.717) is 6.54 Å². The van der Waals surface area contributed by atoms with Gasteiger partial charge in [0.2, 0.25) is 0 Å². The minimum Gasteiger partial charge on any atom is -0.379 e. The van der Waals surface area contributed by atoms with Gasteiger partial charge in [-0.3, -0.25) is 0 Å². The second-order valence-electron chi connectivity index (χ2n) is 5.66. The van der Waals surface area contributed by atoms with Gasteiger partial charge < -0.3 is 11.1 Å². The smallest absolute Gasteiger partial charge is 0.0467 e. The van der Waals surface area contributed by atoms with E-state index in [4.69, 9.17) is 17.3 Å². The van der Waals surface area contributed by atoms with Crippen LogP contribution >= 0.6 is 11.6 Å². The molecule has 0 aliphatic rings. The van der Waals surface area contributed by atoms with E-state index in [9.17, 15) is 0 Å². The Morgan fingerprint density at radius 1 is 1.26 bits per heavy atom. The van der Waals surface area contributed by atoms with Crippen molar-refractivity contribution >= 4 is 17.3 Å². The molecule has 0 saturated carbocycles. The number of unbranched alkanes of at least 4 members (excludes halogenated alkanes) is 3. The summed E-state index contributed by atoms with van der Waals surface area (Å²) in [6.45, 7) is 7.06. The van der Waals surface area contributed by atoms with Crippen LogP contribution in [0.1, 0.15) is 51.5 Å². The van der Waals surface area contributed by atoms with Gasteiger partial charge in [-0.25, -0.2) is 0 Å². The quantitative estimate of drug-likeness (QED) is 0.675. The van der Waals surface area contributed by atoms with Crippen LogP contribution in [0.4, 0.5) is 5.69 Å². The number of rotatable bonds is 8. The number of anilines is 1. The molecular weight excluding hydrogens is 256 g/mol. The maximum atomic E-state index is 6.16. The predicted molar refractivity (Wildman–Crippen MR) is 86.0 cm³/mol. The average Bonchev–Trinajstić information content (AvgIpc) is 2.39. The zero-order chi connectivity index (χ0) is 14.3. The van der Waals surface area contributed by atoms with Crippen molar-refractivity contribution in [3.63, 3.8) is 0 Å². The molecule has 3 N–H and O–H groups in total. The van der Waals surface area contributed by atoms with Crippen molar-refractivity contribution in [1.82, 2.24) is 0 Å². The van der Waals surface area contributed by atoms with E-state index in [1.54, 1.807) is 0 Å². The van der Waals surface area contributed by atoms with Crippen LogP contribution in [0.5, 0.6) is 0 Å². The molecule has 1 atom stereocenters. The summed E-state index contributed by atoms with van der Waals surface area (Å²) in [5, 5.41) is 4.34. The largest absolute Gasteiger partial charge is 0.379 e. The molecule has 0 spiro atoms. The van der Waals surface area contributed by atoms with Gasteiger partial charge in [-0.2, -0.15) is 0 Å². The highest BCUT2D eigenvalue weighted by Gasteiger charge is 2.21. The Balaban J connectivity index is 2.60. The topological polar surface area (TPSA) is 38.0 Å². The molecule has 1 aromatic rings. The molecule has 0 radical (unpaired) electrons. The predicted octanol–water partition coefficient (Wildman–Crippen LogP) is 4.75. The van der Waals surface area contributed by atoms with Crippen molar-refractivity contribution in [2.75, 3.05) is 11.9 Å². The Morgan fingerprint density at radius 3 is 2.58 bits per heavy atom. The third kappa shape index (κ3) is 5.42. The van der Waals surface area contributed by atoms with Gasteiger partial charge in [0.1, 0.15) is 0 Å². The van der Waals surface area contributed by atoms with E-state index < -0.39 is 0 Å². The van der Waals surface area contributed by atoms with Crippen molar-refractivity contribution < 1.29 is 0 Å². The molecule has 0 heterocycles. The van der Waals surface area contributed by atoms with Crippen LogP contribution in [0.15, 0.2) is 18.2 Å². The Bertz CT molecular complexity index is 392. The van der Waals surface area contributed by atoms with Crippen LogP contribution in [-0.4, -0.2) is 12.1 Å². The first-order valence-corrected chi connectivity index (χ1v) is 7.63. The van der Waals surface area contributed by atoms with Crippen molar-refractivity contribution in [2.24, 2.45) is 5.73 Å². The summed E-state index contributed by atoms with van der Waals surface area (Å²) in [5.74, 6) is 0. The normalized spacial score (nSPS) is 14.2. The summed E-state index contributed by atoms with van der Waals surface area (Å²) < 4.78 is 0. The van der Waals surface area contributed by atoms with Crippen molar-refractivity contribution in [3.05, 3.63) is 28.8 Å². The van der Waals surface area contributed by atoms with Gasteiger partial charge >= 0.3 is 0 Å². The fraction of sp³-hybridized carbons (Fsp3) is 0.625. The summed E-state index contributed by atoms with van der Waals surface area (Å²) in [5.41, 5.74) is 8.05. The number of benzene rings is 1. The molecule has 0 fully saturated rings. The lowest BCUT2D eigenvalue weighted by atomic mass is 9.93. The Morgan fingerprint density at radius 2 is 2.00 bits per heavy atom. The summed E-state index contributed by atoms with van der Waals surface area (Å²) in [6, 6.07) is 6.09. The summed E-state index contributed by atoms with van der Waals surface area (Å²) in [7, 11) is 0. The molecular formula is C16H27ClN2. The van der Waals surface area contributed by atoms with E-state index in [1.165, 1.54) is 25.7 Å². The second kappa shape index (κ2) is 7.76. The maximum Gasteiger partial charge on any atom is 0.0467 e. The highest BCUT2D eigenvalue weighted by molar-refractivity contribution is 6.31. The molecule has 1 unspecified atom stereocenters. The van der Waals surface area contributed by atoms with Gasteiger partial charge in [-0.1, -0.05) is 50.3 Å². The van der Waals surface area contributed by atoms with Gasteiger partial charge in [0.15, 0.2) is 0 Å². The van der Waals surface area contributed by atoms with Crippen molar-refractivity contribution in [2.45, 2.75) is 58.4 Å². The standard InChI is InChI=1S/C16H27ClN2/c1-4-5-6-7-10-16(3,12-18)19-14-9-8-13(2)15(17)11-14/h8-9,11,19H,4-7,10,12,18H2,1-3H3. The zero-order valence-corrected chi connectivity index (χ0v) is 13.2. The van der Waals surface area contributed by atoms with E-state index in [-0.39, 0.29) is 5.54 Å². The average molecular weight is 283 g/mol. The van der Waals surface area contributed by atoms with Gasteiger partial charge in [0.05, 0.1) is 0 Å². The minimum absolute atomic E-state index is 0.0493. The highest BCUT2D eigenvalue weighted by Crippen LogP contribution is 2.25. The van der Waals surface area contributed by atoms with Crippen LogP contribution in [0, 0.1) is 6.92 Å². The SMILES string of the molecule is CCCCCCC(C)(CN)Nc1ccc(C)c(Cl)c1. The molecule has 3 heteroatoms. The first kappa shape index (κ1) is 16.3. The number of aryl methyl sites for hydroxylation is 1. The third-order valence-corrected chi connectivity index (χ3v) is 4.06. The van der Waals surface area contributed by atoms with Gasteiger partial charge in [0.25, 0.3) is 0 Å². The molecule has 108 valence electrons. The van der Waals surface area contributed by atoms with Crippen LogP contribution < -0.4 is 11.1 Å². The van der Waals surface area contributed by atoms with Gasteiger partial charge in [-0.05, 0) is 38.0 Å². The lowest BCUT2D eigenvalue weighted by Crippen LogP contribution is -2.42. The van der Waals surface area contributed by atoms with E-state index in [1.807, 2.05) is 19.1 Å². The molecule has 1 rings (SSSR count). The molecule has 0 aromatic heterocycles. The second-order valence-corrected chi connectivity index (χ2v) is 6.07. The van der Waals surface area contributed by atoms with E-state index in [2.05, 4.69) is 25.2 Å². The molecule has 2 nitrogen and oxygen atoms in total. The molecule has 0 aliphatic carbocycles. The Labute approximate surface area is 122 Å². The number of nitrogens with one attached hydrogen (secondary N) is 1. The number of halogens is 1. The monoisotopic (exact) mass is 282 g/mol. The van der Waals surface area contributed by atoms with Crippen LogP contribution in [-0.2, 0) is 0 Å². The van der Waals surface area contributed by atoms with Gasteiger partial charge in [0, 0.05) is 22.8 Å². The van der Waals surface area contributed by atoms with Crippen molar-refractivity contribution in [3.8, 4) is 0 Å². The zero-order valence-electron chi connectivity index (χ0n) is 12.4. The lowest BCUT2D eigenvalue weighted by Gasteiger charge is -2.31. The molecule has 0 bridgehead atoms. The summed E-state index contributed by atoms with van der Waals surface area (Å²) in [4.78, 5) is 0. The van der Waals surface area contributed by atoms with Crippen molar-refractivity contribution in [1.29, 1.82) is 0 Å². The number of hydrogen-bond acceptors (Lipinski definition) is 2.